The van der Waals surface area contributed by atoms with Gasteiger partial charge in [0, 0.05) is 11.6 Å². The average molecular weight is 239 g/mol. The Balaban J connectivity index is 2.21. The van der Waals surface area contributed by atoms with Crippen LogP contribution in [0.3, 0.4) is 0 Å². The molecule has 3 atom stereocenters. The minimum atomic E-state index is -0.518. The fourth-order valence-corrected chi connectivity index (χ4v) is 2.87. The van der Waals surface area contributed by atoms with Gasteiger partial charge in [-0.1, -0.05) is 25.8 Å². The molecule has 3 heteroatoms. The van der Waals surface area contributed by atoms with E-state index in [2.05, 4.69) is 6.92 Å². The van der Waals surface area contributed by atoms with Crippen molar-refractivity contribution in [1.29, 1.82) is 0 Å². The van der Waals surface area contributed by atoms with Crippen molar-refractivity contribution in [3.63, 3.8) is 0 Å². The first-order valence-corrected chi connectivity index (χ1v) is 6.29. The summed E-state index contributed by atoms with van der Waals surface area (Å²) in [7, 11) is 0. The molecule has 1 aliphatic rings. The molecule has 0 bridgehead atoms. The van der Waals surface area contributed by atoms with E-state index in [0.717, 1.165) is 19.3 Å². The minimum absolute atomic E-state index is 0.0617. The molecule has 0 heterocycles. The molecule has 2 N–H and O–H groups in total. The summed E-state index contributed by atoms with van der Waals surface area (Å²) in [6.45, 7) is 2.18. The fraction of sp³-hybridized carbons (Fsp3) is 0.571. The molecule has 0 aliphatic heterocycles. The Morgan fingerprint density at radius 3 is 2.47 bits per heavy atom. The van der Waals surface area contributed by atoms with Crippen LogP contribution in [0.5, 0.6) is 0 Å². The summed E-state index contributed by atoms with van der Waals surface area (Å²) in [4.78, 5) is 0. The summed E-state index contributed by atoms with van der Waals surface area (Å²) in [5.74, 6) is -0.230. The smallest absolute Gasteiger partial charge is 0.130 e. The molecular formula is C14H19F2N. The van der Waals surface area contributed by atoms with Gasteiger partial charge in [-0.25, -0.2) is 8.78 Å². The number of halogens is 2. The molecule has 17 heavy (non-hydrogen) atoms. The molecule has 0 spiro atoms. The number of hydrogen-bond acceptors (Lipinski definition) is 1. The maximum atomic E-state index is 13.6. The summed E-state index contributed by atoms with van der Waals surface area (Å²) in [5, 5.41) is 0. The second-order valence-corrected chi connectivity index (χ2v) is 5.19. The maximum absolute atomic E-state index is 13.6. The summed E-state index contributed by atoms with van der Waals surface area (Å²) < 4.78 is 27.3. The Morgan fingerprint density at radius 1 is 1.24 bits per heavy atom. The number of benzene rings is 1. The average Bonchev–Trinajstić information content (AvgIpc) is 2.28. The first-order valence-electron chi connectivity index (χ1n) is 6.29. The van der Waals surface area contributed by atoms with Gasteiger partial charge >= 0.3 is 0 Å². The van der Waals surface area contributed by atoms with E-state index >= 15 is 0 Å². The van der Waals surface area contributed by atoms with Crippen LogP contribution in [0, 0.1) is 23.5 Å². The van der Waals surface area contributed by atoms with Crippen LogP contribution in [0.15, 0.2) is 18.2 Å². The Morgan fingerprint density at radius 2 is 1.88 bits per heavy atom. The first kappa shape index (κ1) is 12.5. The summed E-state index contributed by atoms with van der Waals surface area (Å²) in [6, 6.07) is 3.43. The standard InChI is InChI=1S/C14H19F2N/c1-9-4-2-5-10(8-9)14(17)13-11(15)6-3-7-12(13)16/h3,6-7,9-10,14H,2,4-5,8,17H2,1H3. The van der Waals surface area contributed by atoms with E-state index in [-0.39, 0.29) is 11.5 Å². The molecule has 1 fully saturated rings. The number of hydrogen-bond donors (Lipinski definition) is 1. The normalized spacial score (nSPS) is 26.8. The van der Waals surface area contributed by atoms with Gasteiger partial charge in [0.15, 0.2) is 0 Å². The lowest BCUT2D eigenvalue weighted by Crippen LogP contribution is -2.27. The van der Waals surface area contributed by atoms with Gasteiger partial charge in [0.2, 0.25) is 0 Å². The lowest BCUT2D eigenvalue weighted by Gasteiger charge is -2.31. The zero-order valence-electron chi connectivity index (χ0n) is 10.1. The summed E-state index contributed by atoms with van der Waals surface area (Å²) in [6.07, 6.45) is 4.24. The molecular weight excluding hydrogens is 220 g/mol. The summed E-state index contributed by atoms with van der Waals surface area (Å²) >= 11 is 0. The zero-order chi connectivity index (χ0) is 12.4. The van der Waals surface area contributed by atoms with Crippen molar-refractivity contribution < 1.29 is 8.78 Å². The van der Waals surface area contributed by atoms with Crippen LogP contribution in [-0.4, -0.2) is 0 Å². The first-order chi connectivity index (χ1) is 8.09. The number of rotatable bonds is 2. The van der Waals surface area contributed by atoms with Crippen molar-refractivity contribution in [2.24, 2.45) is 17.6 Å². The second kappa shape index (κ2) is 5.13. The quantitative estimate of drug-likeness (QED) is 0.834. The molecule has 0 aromatic heterocycles. The molecule has 1 aliphatic carbocycles. The van der Waals surface area contributed by atoms with Crippen LogP contribution >= 0.6 is 0 Å². The van der Waals surface area contributed by atoms with E-state index in [1.54, 1.807) is 0 Å². The third-order valence-electron chi connectivity index (χ3n) is 3.82. The van der Waals surface area contributed by atoms with Crippen LogP contribution in [0.1, 0.15) is 44.2 Å². The van der Waals surface area contributed by atoms with Crippen molar-refractivity contribution in [2.75, 3.05) is 0 Å². The highest BCUT2D eigenvalue weighted by molar-refractivity contribution is 5.23. The molecule has 94 valence electrons. The highest BCUT2D eigenvalue weighted by Gasteiger charge is 2.28. The van der Waals surface area contributed by atoms with Crippen LogP contribution in [-0.2, 0) is 0 Å². The monoisotopic (exact) mass is 239 g/mol. The van der Waals surface area contributed by atoms with Gasteiger partial charge in [0.25, 0.3) is 0 Å². The Hall–Kier alpha value is -0.960. The molecule has 1 nitrogen and oxygen atoms in total. The van der Waals surface area contributed by atoms with E-state index in [0.29, 0.717) is 5.92 Å². The molecule has 0 radical (unpaired) electrons. The zero-order valence-corrected chi connectivity index (χ0v) is 10.1. The topological polar surface area (TPSA) is 26.0 Å². The van der Waals surface area contributed by atoms with E-state index in [9.17, 15) is 8.78 Å². The van der Waals surface area contributed by atoms with E-state index in [4.69, 9.17) is 5.73 Å². The third kappa shape index (κ3) is 2.65. The van der Waals surface area contributed by atoms with Gasteiger partial charge in [0.1, 0.15) is 11.6 Å². The van der Waals surface area contributed by atoms with Gasteiger partial charge in [-0.2, -0.15) is 0 Å². The lowest BCUT2D eigenvalue weighted by molar-refractivity contribution is 0.242. The van der Waals surface area contributed by atoms with Crippen molar-refractivity contribution in [1.82, 2.24) is 0 Å². The van der Waals surface area contributed by atoms with Crippen LogP contribution in [0.4, 0.5) is 8.78 Å². The molecule has 0 amide bonds. The van der Waals surface area contributed by atoms with E-state index in [1.807, 2.05) is 0 Å². The van der Waals surface area contributed by atoms with Crippen LogP contribution < -0.4 is 5.73 Å². The highest BCUT2D eigenvalue weighted by Crippen LogP contribution is 2.37. The van der Waals surface area contributed by atoms with Crippen molar-refractivity contribution in [2.45, 2.75) is 38.6 Å². The Bertz CT molecular complexity index is 372. The van der Waals surface area contributed by atoms with Gasteiger partial charge in [-0.05, 0) is 36.8 Å². The molecule has 3 unspecified atom stereocenters. The lowest BCUT2D eigenvalue weighted by atomic mass is 9.77. The third-order valence-corrected chi connectivity index (χ3v) is 3.82. The maximum Gasteiger partial charge on any atom is 0.130 e. The summed E-state index contributed by atoms with van der Waals surface area (Å²) in [5.41, 5.74) is 6.12. The molecule has 2 rings (SSSR count). The number of nitrogens with two attached hydrogens (primary N) is 1. The van der Waals surface area contributed by atoms with Gasteiger partial charge < -0.3 is 5.73 Å². The van der Waals surface area contributed by atoms with Crippen molar-refractivity contribution >= 4 is 0 Å². The SMILES string of the molecule is CC1CCCC(C(N)c2c(F)cccc2F)C1. The minimum Gasteiger partial charge on any atom is -0.324 e. The Labute approximate surface area is 101 Å². The second-order valence-electron chi connectivity index (χ2n) is 5.19. The van der Waals surface area contributed by atoms with E-state index in [1.165, 1.54) is 24.6 Å². The van der Waals surface area contributed by atoms with Crippen molar-refractivity contribution in [3.8, 4) is 0 Å². The highest BCUT2D eigenvalue weighted by atomic mass is 19.1. The van der Waals surface area contributed by atoms with Gasteiger partial charge in [-0.15, -0.1) is 0 Å². The van der Waals surface area contributed by atoms with E-state index < -0.39 is 17.7 Å². The predicted molar refractivity (Wildman–Crippen MR) is 64.4 cm³/mol. The fourth-order valence-electron chi connectivity index (χ4n) is 2.87. The molecule has 1 aromatic rings. The molecule has 1 saturated carbocycles. The van der Waals surface area contributed by atoms with Crippen LogP contribution in [0.25, 0.3) is 0 Å². The Kier molecular flexibility index (Phi) is 3.77. The van der Waals surface area contributed by atoms with Gasteiger partial charge in [0.05, 0.1) is 0 Å². The van der Waals surface area contributed by atoms with Crippen molar-refractivity contribution in [3.05, 3.63) is 35.4 Å². The molecule has 1 aromatic carbocycles. The van der Waals surface area contributed by atoms with Crippen LogP contribution in [0.2, 0.25) is 0 Å². The largest absolute Gasteiger partial charge is 0.324 e. The molecule has 0 saturated heterocycles. The van der Waals surface area contributed by atoms with Gasteiger partial charge in [-0.3, -0.25) is 0 Å². The predicted octanol–water partition coefficient (Wildman–Crippen LogP) is 3.79.